The van der Waals surface area contributed by atoms with E-state index in [9.17, 15) is 14.7 Å². The van der Waals surface area contributed by atoms with Crippen LogP contribution in [-0.2, 0) is 4.43 Å². The van der Waals surface area contributed by atoms with Crippen LogP contribution in [0.25, 0.3) is 10.9 Å². The third kappa shape index (κ3) is 8.16. The number of fused-ring (bicyclic) bond motifs is 1. The molecule has 0 saturated carbocycles. The van der Waals surface area contributed by atoms with Crippen LogP contribution in [0, 0.1) is 0 Å². The molecule has 0 aliphatic carbocycles. The van der Waals surface area contributed by atoms with Gasteiger partial charge in [-0.05, 0) is 55.9 Å². The number of carbonyl (C=O) groups excluding carboxylic acids is 2. The van der Waals surface area contributed by atoms with Gasteiger partial charge in [-0.3, -0.25) is 9.78 Å². The molecule has 1 aromatic heterocycles. The number of amides is 3. The first kappa shape index (κ1) is 30.4. The van der Waals surface area contributed by atoms with Crippen molar-refractivity contribution in [3.63, 3.8) is 0 Å². The molecule has 0 radical (unpaired) electrons. The smallest absolute Gasteiger partial charge is 0.318 e. The van der Waals surface area contributed by atoms with Gasteiger partial charge in [-0.1, -0.05) is 36.4 Å². The molecule has 0 bridgehead atoms. The molecular weight excluding hydrogens is 613 g/mol. The van der Waals surface area contributed by atoms with E-state index in [0.29, 0.717) is 56.9 Å². The van der Waals surface area contributed by atoms with E-state index in [1.54, 1.807) is 43.6 Å². The van der Waals surface area contributed by atoms with Gasteiger partial charge >= 0.3 is 6.03 Å². The van der Waals surface area contributed by atoms with Crippen molar-refractivity contribution in [1.29, 1.82) is 0 Å². The number of hydrogen-bond donors (Lipinski definition) is 4. The van der Waals surface area contributed by atoms with Gasteiger partial charge in [0.1, 0.15) is 30.0 Å². The molecule has 10 nitrogen and oxygen atoms in total. The standard InChI is InChI=1S/C28H36IN5O5/c1-5-31-27(36)22-13-21-24(14-26(22)38-17-19(35)16-34(6-2)7-3)32-11-10-25(21)39-20-8-9-23(18(12-20)15-29)33-28(37)30-4/h8-14,19,35H,5-7,15-17H2,1-4H3,(H,31,36)(H2,30,33,37)/t19-/m1/s1. The quantitative estimate of drug-likeness (QED) is 0.158. The molecule has 39 heavy (non-hydrogen) atoms. The fourth-order valence-corrected chi connectivity index (χ4v) is 4.62. The first-order valence-corrected chi connectivity index (χ1v) is 14.5. The Hall–Kier alpha value is -3.16. The van der Waals surface area contributed by atoms with Crippen molar-refractivity contribution in [3.05, 3.63) is 53.7 Å². The molecule has 1 atom stereocenters. The molecule has 11 heteroatoms. The van der Waals surface area contributed by atoms with Gasteiger partial charge in [0.2, 0.25) is 0 Å². The van der Waals surface area contributed by atoms with Crippen LogP contribution in [-0.4, -0.2) is 72.9 Å². The minimum Gasteiger partial charge on any atom is -0.490 e. The van der Waals surface area contributed by atoms with Crippen LogP contribution in [0.3, 0.4) is 0 Å². The highest BCUT2D eigenvalue weighted by molar-refractivity contribution is 14.1. The van der Waals surface area contributed by atoms with E-state index in [2.05, 4.69) is 48.4 Å². The van der Waals surface area contributed by atoms with Crippen molar-refractivity contribution < 1.29 is 24.2 Å². The number of hydrogen-bond acceptors (Lipinski definition) is 7. The van der Waals surface area contributed by atoms with Crippen LogP contribution in [0.4, 0.5) is 10.5 Å². The lowest BCUT2D eigenvalue weighted by molar-refractivity contribution is 0.0706. The SMILES string of the molecule is CCNC(=O)c1cc2c(Oc3ccc(NC(=O)NC)c(CI)c3)ccnc2cc1OC[C@H](O)CN(CC)CC. The molecule has 1 heterocycles. The summed E-state index contributed by atoms with van der Waals surface area (Å²) in [6.07, 6.45) is 0.918. The maximum atomic E-state index is 13.0. The Labute approximate surface area is 242 Å². The van der Waals surface area contributed by atoms with Crippen molar-refractivity contribution in [2.24, 2.45) is 0 Å². The van der Waals surface area contributed by atoms with Crippen molar-refractivity contribution in [2.45, 2.75) is 31.3 Å². The summed E-state index contributed by atoms with van der Waals surface area (Å²) in [7, 11) is 1.56. The van der Waals surface area contributed by atoms with E-state index in [-0.39, 0.29) is 18.5 Å². The highest BCUT2D eigenvalue weighted by Crippen LogP contribution is 2.35. The first-order chi connectivity index (χ1) is 18.8. The van der Waals surface area contributed by atoms with Crippen LogP contribution in [0.5, 0.6) is 17.2 Å². The predicted molar refractivity (Wildman–Crippen MR) is 161 cm³/mol. The van der Waals surface area contributed by atoms with Crippen LogP contribution in [0.15, 0.2) is 42.6 Å². The zero-order valence-electron chi connectivity index (χ0n) is 22.7. The van der Waals surface area contributed by atoms with Crippen LogP contribution >= 0.6 is 22.6 Å². The van der Waals surface area contributed by atoms with Crippen molar-refractivity contribution in [1.82, 2.24) is 20.5 Å². The summed E-state index contributed by atoms with van der Waals surface area (Å²) in [5.74, 6) is 1.15. The number of likely N-dealkylation sites (N-methyl/N-ethyl adjacent to an activating group) is 1. The van der Waals surface area contributed by atoms with Gasteiger partial charge in [-0.25, -0.2) is 4.79 Å². The Balaban J connectivity index is 1.93. The predicted octanol–water partition coefficient (Wildman–Crippen LogP) is 4.54. The summed E-state index contributed by atoms with van der Waals surface area (Å²) in [5.41, 5.74) is 2.51. The summed E-state index contributed by atoms with van der Waals surface area (Å²) in [6, 6.07) is 10.3. The maximum Gasteiger partial charge on any atom is 0.318 e. The molecule has 2 aromatic carbocycles. The third-order valence-corrected chi connectivity index (χ3v) is 6.92. The lowest BCUT2D eigenvalue weighted by Crippen LogP contribution is -2.35. The molecule has 0 aliphatic heterocycles. The third-order valence-electron chi connectivity index (χ3n) is 6.10. The Kier molecular flexibility index (Phi) is 11.6. The average molecular weight is 650 g/mol. The molecule has 0 saturated heterocycles. The fraction of sp³-hybridized carbons (Fsp3) is 0.393. The highest BCUT2D eigenvalue weighted by Gasteiger charge is 2.19. The van der Waals surface area contributed by atoms with E-state index in [1.165, 1.54) is 0 Å². The van der Waals surface area contributed by atoms with E-state index < -0.39 is 6.10 Å². The van der Waals surface area contributed by atoms with Gasteiger partial charge in [0.25, 0.3) is 5.91 Å². The number of urea groups is 1. The lowest BCUT2D eigenvalue weighted by atomic mass is 10.1. The number of carbonyl (C=O) groups is 2. The summed E-state index contributed by atoms with van der Waals surface area (Å²) in [4.78, 5) is 31.3. The zero-order valence-corrected chi connectivity index (χ0v) is 24.9. The average Bonchev–Trinajstić information content (AvgIpc) is 2.95. The van der Waals surface area contributed by atoms with Crippen LogP contribution < -0.4 is 25.4 Å². The summed E-state index contributed by atoms with van der Waals surface area (Å²) in [6.45, 7) is 8.54. The lowest BCUT2D eigenvalue weighted by Gasteiger charge is -2.22. The topological polar surface area (TPSA) is 125 Å². The molecule has 3 amide bonds. The molecule has 0 aliphatic rings. The largest absolute Gasteiger partial charge is 0.490 e. The van der Waals surface area contributed by atoms with Crippen LogP contribution in [0.2, 0.25) is 0 Å². The number of alkyl halides is 1. The number of aliphatic hydroxyl groups excluding tert-OH is 1. The number of rotatable bonds is 13. The monoisotopic (exact) mass is 649 g/mol. The van der Waals surface area contributed by atoms with Crippen molar-refractivity contribution in [2.75, 3.05) is 45.2 Å². The normalized spacial score (nSPS) is 11.8. The number of nitrogens with one attached hydrogen (secondary N) is 3. The van der Waals surface area contributed by atoms with Crippen molar-refractivity contribution >= 4 is 51.1 Å². The number of ether oxygens (including phenoxy) is 2. The summed E-state index contributed by atoms with van der Waals surface area (Å²) < 4.78 is 12.8. The molecule has 3 rings (SSSR count). The second-order valence-electron chi connectivity index (χ2n) is 8.74. The van der Waals surface area contributed by atoms with E-state index in [4.69, 9.17) is 9.47 Å². The zero-order chi connectivity index (χ0) is 28.4. The van der Waals surface area contributed by atoms with E-state index in [1.807, 2.05) is 26.8 Å². The molecule has 0 unspecified atom stereocenters. The first-order valence-electron chi connectivity index (χ1n) is 12.9. The number of nitrogens with zero attached hydrogens (tertiary/aromatic N) is 2. The Morgan fingerprint density at radius 1 is 1.10 bits per heavy atom. The Bertz CT molecular complexity index is 1280. The Morgan fingerprint density at radius 2 is 1.87 bits per heavy atom. The molecule has 0 spiro atoms. The molecule has 4 N–H and O–H groups in total. The van der Waals surface area contributed by atoms with Gasteiger partial charge in [-0.2, -0.15) is 0 Å². The van der Waals surface area contributed by atoms with E-state index in [0.717, 1.165) is 18.7 Å². The number of aromatic nitrogens is 1. The number of benzene rings is 2. The van der Waals surface area contributed by atoms with E-state index >= 15 is 0 Å². The fourth-order valence-electron chi connectivity index (χ4n) is 3.99. The van der Waals surface area contributed by atoms with Gasteiger partial charge in [0, 0.05) is 47.9 Å². The van der Waals surface area contributed by atoms with Crippen LogP contribution in [0.1, 0.15) is 36.7 Å². The maximum absolute atomic E-state index is 13.0. The minimum absolute atomic E-state index is 0.0418. The number of pyridine rings is 1. The number of halogens is 1. The number of anilines is 1. The highest BCUT2D eigenvalue weighted by atomic mass is 127. The van der Waals surface area contributed by atoms with Gasteiger partial charge in [0.05, 0.1) is 11.1 Å². The molecule has 3 aromatic rings. The molecule has 210 valence electrons. The van der Waals surface area contributed by atoms with Crippen molar-refractivity contribution in [3.8, 4) is 17.2 Å². The van der Waals surface area contributed by atoms with Gasteiger partial charge in [0.15, 0.2) is 0 Å². The minimum atomic E-state index is -0.710. The molecule has 0 fully saturated rings. The van der Waals surface area contributed by atoms with Gasteiger partial charge < -0.3 is 35.4 Å². The summed E-state index contributed by atoms with van der Waals surface area (Å²) >= 11 is 2.23. The Morgan fingerprint density at radius 3 is 2.54 bits per heavy atom. The second-order valence-corrected chi connectivity index (χ2v) is 9.51. The van der Waals surface area contributed by atoms with Gasteiger partial charge in [-0.15, -0.1) is 0 Å². The molecular formula is C28H36IN5O5. The summed E-state index contributed by atoms with van der Waals surface area (Å²) in [5, 5.41) is 19.3. The second kappa shape index (κ2) is 14.8. The number of aliphatic hydroxyl groups is 1.